The zero-order valence-electron chi connectivity index (χ0n) is 13.8. The molecule has 0 aliphatic carbocycles. The molecular weight excluding hydrogens is 343 g/mol. The molecule has 130 valence electrons. The number of nitrogens with zero attached hydrogens (tertiary/aromatic N) is 1. The maximum atomic E-state index is 12.8. The van der Waals surface area contributed by atoms with Gasteiger partial charge in [0.15, 0.2) is 0 Å². The van der Waals surface area contributed by atoms with Gasteiger partial charge in [-0.3, -0.25) is 4.79 Å². The molecule has 0 unspecified atom stereocenters. The maximum Gasteiger partial charge on any atom is 0.253 e. The molecule has 1 N–H and O–H groups in total. The molecule has 0 saturated heterocycles. The molecule has 0 bridgehead atoms. The molecule has 2 aromatic rings. The van der Waals surface area contributed by atoms with Crippen molar-refractivity contribution in [2.45, 2.75) is 4.90 Å². The minimum Gasteiger partial charge on any atom is -0.345 e. The summed E-state index contributed by atoms with van der Waals surface area (Å²) in [6.45, 7) is -0.0852. The molecule has 25 heavy (non-hydrogen) atoms. The molecule has 5 nitrogen and oxygen atoms in total. The van der Waals surface area contributed by atoms with Gasteiger partial charge in [0.1, 0.15) is 5.82 Å². The highest BCUT2D eigenvalue weighted by Crippen LogP contribution is 2.09. The maximum absolute atomic E-state index is 12.8. The molecule has 0 heterocycles. The first-order valence-electron chi connectivity index (χ1n) is 7.35. The van der Waals surface area contributed by atoms with Gasteiger partial charge in [-0.05, 0) is 48.5 Å². The fourth-order valence-electron chi connectivity index (χ4n) is 1.93. The van der Waals surface area contributed by atoms with Crippen molar-refractivity contribution in [2.24, 2.45) is 0 Å². The first-order valence-corrected chi connectivity index (χ1v) is 8.84. The van der Waals surface area contributed by atoms with E-state index >= 15 is 0 Å². The lowest BCUT2D eigenvalue weighted by molar-refractivity contribution is 0.0827. The van der Waals surface area contributed by atoms with Crippen LogP contribution in [0, 0.1) is 17.7 Å². The summed E-state index contributed by atoms with van der Waals surface area (Å²) in [5, 5.41) is 0. The minimum atomic E-state index is -3.73. The lowest BCUT2D eigenvalue weighted by Gasteiger charge is -2.09. The number of carbonyl (C=O) groups excluding carboxylic acids is 1. The van der Waals surface area contributed by atoms with Crippen LogP contribution in [0.5, 0.6) is 0 Å². The van der Waals surface area contributed by atoms with Crippen LogP contribution in [0.3, 0.4) is 0 Å². The number of sulfonamides is 1. The van der Waals surface area contributed by atoms with Crippen molar-refractivity contribution in [3.05, 3.63) is 65.5 Å². The lowest BCUT2D eigenvalue weighted by Crippen LogP contribution is -2.24. The molecule has 2 aromatic carbocycles. The Morgan fingerprint density at radius 2 is 1.68 bits per heavy atom. The molecule has 0 atom stereocenters. The summed E-state index contributed by atoms with van der Waals surface area (Å²) in [7, 11) is -0.388. The number of carbonyl (C=O) groups is 1. The van der Waals surface area contributed by atoms with Gasteiger partial charge in [-0.25, -0.2) is 12.8 Å². The molecule has 0 saturated carbocycles. The molecule has 0 spiro atoms. The van der Waals surface area contributed by atoms with E-state index in [-0.39, 0.29) is 17.3 Å². The van der Waals surface area contributed by atoms with Crippen molar-refractivity contribution in [2.75, 3.05) is 20.6 Å². The predicted molar refractivity (Wildman–Crippen MR) is 92.9 cm³/mol. The number of nitrogens with one attached hydrogen (secondary N) is 1. The number of halogens is 1. The average Bonchev–Trinajstić information content (AvgIpc) is 2.59. The van der Waals surface area contributed by atoms with E-state index in [1.165, 1.54) is 17.0 Å². The van der Waals surface area contributed by atoms with Crippen LogP contribution in [0.4, 0.5) is 4.39 Å². The first kappa shape index (κ1) is 18.6. The van der Waals surface area contributed by atoms with Crippen LogP contribution in [0.1, 0.15) is 15.9 Å². The van der Waals surface area contributed by atoms with Crippen LogP contribution >= 0.6 is 0 Å². The third kappa shape index (κ3) is 5.14. The molecular formula is C18H17FN2O3S. The fraction of sp³-hybridized carbons (Fsp3) is 0.167. The highest BCUT2D eigenvalue weighted by Gasteiger charge is 2.12. The normalized spacial score (nSPS) is 10.7. The second kappa shape index (κ2) is 7.92. The SMILES string of the molecule is CN(C)C(=O)c1ccc(C#CCNS(=O)(=O)c2ccc(F)cc2)cc1. The Morgan fingerprint density at radius 3 is 2.24 bits per heavy atom. The van der Waals surface area contributed by atoms with Crippen molar-refractivity contribution < 1.29 is 17.6 Å². The van der Waals surface area contributed by atoms with Gasteiger partial charge in [-0.2, -0.15) is 4.72 Å². The van der Waals surface area contributed by atoms with Gasteiger partial charge in [0, 0.05) is 25.2 Å². The van der Waals surface area contributed by atoms with Gasteiger partial charge in [-0.15, -0.1) is 0 Å². The number of hydrogen-bond acceptors (Lipinski definition) is 3. The molecule has 0 aliphatic rings. The van der Waals surface area contributed by atoms with E-state index in [2.05, 4.69) is 16.6 Å². The zero-order chi connectivity index (χ0) is 18.4. The molecule has 0 aromatic heterocycles. The highest BCUT2D eigenvalue weighted by atomic mass is 32.2. The van der Waals surface area contributed by atoms with E-state index < -0.39 is 15.8 Å². The van der Waals surface area contributed by atoms with Crippen LogP contribution in [-0.2, 0) is 10.0 Å². The number of amides is 1. The molecule has 0 fully saturated rings. The standard InChI is InChI=1S/C18H17FN2O3S/c1-21(2)18(22)15-7-5-14(6-8-15)4-3-13-20-25(23,24)17-11-9-16(19)10-12-17/h5-12,20H,13H2,1-2H3. The molecule has 0 radical (unpaired) electrons. The second-order valence-electron chi connectivity index (χ2n) is 5.36. The highest BCUT2D eigenvalue weighted by molar-refractivity contribution is 7.89. The second-order valence-corrected chi connectivity index (χ2v) is 7.12. The summed E-state index contributed by atoms with van der Waals surface area (Å²) < 4.78 is 39.1. The Kier molecular flexibility index (Phi) is 5.91. The van der Waals surface area contributed by atoms with Crippen molar-refractivity contribution in [1.82, 2.24) is 9.62 Å². The third-order valence-electron chi connectivity index (χ3n) is 3.25. The Labute approximate surface area is 146 Å². The van der Waals surface area contributed by atoms with Gasteiger partial charge in [0.25, 0.3) is 5.91 Å². The monoisotopic (exact) mass is 360 g/mol. The van der Waals surface area contributed by atoms with Gasteiger partial charge in [-0.1, -0.05) is 11.8 Å². The topological polar surface area (TPSA) is 66.5 Å². The van der Waals surface area contributed by atoms with Crippen molar-refractivity contribution in [3.8, 4) is 11.8 Å². The third-order valence-corrected chi connectivity index (χ3v) is 4.66. The van der Waals surface area contributed by atoms with Crippen LogP contribution in [-0.4, -0.2) is 39.9 Å². The Hall–Kier alpha value is -2.69. The van der Waals surface area contributed by atoms with Crippen molar-refractivity contribution in [1.29, 1.82) is 0 Å². The molecule has 1 amide bonds. The zero-order valence-corrected chi connectivity index (χ0v) is 14.6. The molecule has 7 heteroatoms. The smallest absolute Gasteiger partial charge is 0.253 e. The lowest BCUT2D eigenvalue weighted by atomic mass is 10.1. The summed E-state index contributed by atoms with van der Waals surface area (Å²) in [6.07, 6.45) is 0. The summed E-state index contributed by atoms with van der Waals surface area (Å²) in [5.41, 5.74) is 1.21. The molecule has 2 rings (SSSR count). The van der Waals surface area contributed by atoms with E-state index in [1.54, 1.807) is 38.4 Å². The summed E-state index contributed by atoms with van der Waals surface area (Å²) >= 11 is 0. The van der Waals surface area contributed by atoms with E-state index in [1.807, 2.05) is 0 Å². The summed E-state index contributed by atoms with van der Waals surface area (Å²) in [6, 6.07) is 11.2. The van der Waals surface area contributed by atoms with E-state index in [9.17, 15) is 17.6 Å². The Balaban J connectivity index is 1.98. The van der Waals surface area contributed by atoms with Crippen LogP contribution in [0.25, 0.3) is 0 Å². The Bertz CT molecular complexity index is 910. The number of rotatable bonds is 4. The summed E-state index contributed by atoms with van der Waals surface area (Å²) in [4.78, 5) is 13.2. The predicted octanol–water partition coefficient (Wildman–Crippen LogP) is 1.86. The van der Waals surface area contributed by atoms with E-state index in [0.29, 0.717) is 11.1 Å². The van der Waals surface area contributed by atoms with E-state index in [0.717, 1.165) is 12.1 Å². The fourth-order valence-corrected chi connectivity index (χ4v) is 2.85. The first-order chi connectivity index (χ1) is 11.8. The van der Waals surface area contributed by atoms with Crippen molar-refractivity contribution >= 4 is 15.9 Å². The number of hydrogen-bond donors (Lipinski definition) is 1. The number of benzene rings is 2. The Morgan fingerprint density at radius 1 is 1.08 bits per heavy atom. The van der Waals surface area contributed by atoms with Crippen LogP contribution < -0.4 is 4.72 Å². The van der Waals surface area contributed by atoms with E-state index in [4.69, 9.17) is 0 Å². The van der Waals surface area contributed by atoms with Gasteiger partial charge < -0.3 is 4.90 Å². The van der Waals surface area contributed by atoms with Crippen LogP contribution in [0.15, 0.2) is 53.4 Å². The quantitative estimate of drug-likeness (QED) is 0.847. The van der Waals surface area contributed by atoms with Gasteiger partial charge >= 0.3 is 0 Å². The average molecular weight is 360 g/mol. The minimum absolute atomic E-state index is 0.0257. The van der Waals surface area contributed by atoms with Gasteiger partial charge in [0.2, 0.25) is 10.0 Å². The largest absolute Gasteiger partial charge is 0.345 e. The summed E-state index contributed by atoms with van der Waals surface area (Å²) in [5.74, 6) is 4.90. The van der Waals surface area contributed by atoms with Gasteiger partial charge in [0.05, 0.1) is 11.4 Å². The molecule has 0 aliphatic heterocycles. The van der Waals surface area contributed by atoms with Crippen molar-refractivity contribution in [3.63, 3.8) is 0 Å². The van der Waals surface area contributed by atoms with Crippen LogP contribution in [0.2, 0.25) is 0 Å².